The summed E-state index contributed by atoms with van der Waals surface area (Å²) in [5.74, 6) is 0.326. The third kappa shape index (κ3) is 8.70. The van der Waals surface area contributed by atoms with Gasteiger partial charge in [0.1, 0.15) is 0 Å². The first-order chi connectivity index (χ1) is 21.7. The number of rotatable bonds is 6. The maximum Gasteiger partial charge on any atom is 0.419 e. The molecule has 0 radical (unpaired) electrons. The van der Waals surface area contributed by atoms with Crippen molar-refractivity contribution in [3.8, 4) is 0 Å². The van der Waals surface area contributed by atoms with Crippen LogP contribution >= 0.6 is 0 Å². The summed E-state index contributed by atoms with van der Waals surface area (Å²) >= 11 is 0. The zero-order chi connectivity index (χ0) is 31.7. The molecule has 4 aromatic rings. The lowest BCUT2D eigenvalue weighted by Gasteiger charge is -2.50. The van der Waals surface area contributed by atoms with Gasteiger partial charge in [-0.05, 0) is 35.1 Å². The summed E-state index contributed by atoms with van der Waals surface area (Å²) in [6, 6.07) is 39.4. The number of hydrogen-bond acceptors (Lipinski definition) is 5. The van der Waals surface area contributed by atoms with Crippen molar-refractivity contribution in [1.82, 2.24) is 9.80 Å². The predicted molar refractivity (Wildman–Crippen MR) is 175 cm³/mol. The summed E-state index contributed by atoms with van der Waals surface area (Å²) in [7, 11) is 0. The first-order valence-corrected chi connectivity index (χ1v) is 15.3. The second-order valence-electron chi connectivity index (χ2n) is 11.6. The lowest BCUT2D eigenvalue weighted by atomic mass is 9.87. The molecule has 0 amide bonds. The Morgan fingerprint density at radius 2 is 0.935 bits per heavy atom. The number of β-amino-alcohol motifs (C(OH)–C–C–N with tert-alkyl or cyclic N) is 1. The Balaban J connectivity index is 0.000000180. The Morgan fingerprint density at radius 1 is 0.609 bits per heavy atom. The number of aliphatic hydroxyl groups is 1. The highest BCUT2D eigenvalue weighted by atomic mass is 19.4. The van der Waals surface area contributed by atoms with E-state index in [4.69, 9.17) is 4.74 Å². The third-order valence-electron chi connectivity index (χ3n) is 8.23. The molecule has 5 nitrogen and oxygen atoms in total. The van der Waals surface area contributed by atoms with Gasteiger partial charge >= 0.3 is 6.18 Å². The quantitative estimate of drug-likeness (QED) is 0.239. The van der Waals surface area contributed by atoms with Gasteiger partial charge < -0.3 is 9.84 Å². The van der Waals surface area contributed by atoms with Crippen LogP contribution in [0, 0.1) is 0 Å². The van der Waals surface area contributed by atoms with Gasteiger partial charge in [-0.3, -0.25) is 14.6 Å². The van der Waals surface area contributed by atoms with Gasteiger partial charge in [0, 0.05) is 26.3 Å². The predicted octanol–water partition coefficient (Wildman–Crippen LogP) is 7.48. The molecule has 3 aliphatic heterocycles. The second kappa shape index (κ2) is 16.1. The SMILES string of the molecule is C.C1CCOC1.O=C1CN(C(c2ccccc2)c2ccccc2)C1.OC1(C(F)(F)F)CN(C(c2ccccc2)c2ccccc2)C1. The lowest BCUT2D eigenvalue weighted by molar-refractivity contribution is -0.304. The van der Waals surface area contributed by atoms with Crippen molar-refractivity contribution in [3.63, 3.8) is 0 Å². The van der Waals surface area contributed by atoms with E-state index in [9.17, 15) is 23.1 Å². The zero-order valence-corrected chi connectivity index (χ0v) is 25.2. The van der Waals surface area contributed by atoms with E-state index in [0.29, 0.717) is 18.9 Å². The number of likely N-dealkylation sites (tertiary alicyclic amines) is 2. The van der Waals surface area contributed by atoms with Crippen molar-refractivity contribution in [2.75, 3.05) is 39.4 Å². The molecule has 46 heavy (non-hydrogen) atoms. The summed E-state index contributed by atoms with van der Waals surface area (Å²) in [5.41, 5.74) is 1.72. The molecular weight excluding hydrogens is 589 g/mol. The van der Waals surface area contributed by atoms with Crippen LogP contribution in [-0.2, 0) is 9.53 Å². The van der Waals surface area contributed by atoms with Gasteiger partial charge in [-0.2, -0.15) is 13.2 Å². The minimum atomic E-state index is -4.60. The molecule has 3 saturated heterocycles. The van der Waals surface area contributed by atoms with Crippen molar-refractivity contribution >= 4 is 5.78 Å². The molecule has 0 atom stereocenters. The Morgan fingerprint density at radius 3 is 1.20 bits per heavy atom. The average Bonchev–Trinajstić information content (AvgIpc) is 3.62. The van der Waals surface area contributed by atoms with Gasteiger partial charge in [-0.15, -0.1) is 0 Å². The number of carbonyl (C=O) groups is 1. The van der Waals surface area contributed by atoms with E-state index >= 15 is 0 Å². The van der Waals surface area contributed by atoms with Crippen molar-refractivity contribution in [2.45, 2.75) is 44.1 Å². The van der Waals surface area contributed by atoms with Crippen LogP contribution in [0.1, 0.15) is 54.6 Å². The van der Waals surface area contributed by atoms with Crippen LogP contribution in [0.15, 0.2) is 121 Å². The molecule has 1 N–H and O–H groups in total. The van der Waals surface area contributed by atoms with Crippen LogP contribution < -0.4 is 0 Å². The zero-order valence-electron chi connectivity index (χ0n) is 25.2. The first kappa shape index (κ1) is 35.0. The number of nitrogens with zero attached hydrogens (tertiary/aromatic N) is 2. The molecule has 0 saturated carbocycles. The van der Waals surface area contributed by atoms with E-state index in [1.54, 1.807) is 4.90 Å². The molecule has 244 valence electrons. The van der Waals surface area contributed by atoms with Gasteiger partial charge in [0.05, 0.1) is 25.2 Å². The normalized spacial score (nSPS) is 17.5. The van der Waals surface area contributed by atoms with E-state index in [1.807, 2.05) is 97.1 Å². The van der Waals surface area contributed by atoms with Gasteiger partial charge in [-0.25, -0.2) is 0 Å². The van der Waals surface area contributed by atoms with E-state index in [0.717, 1.165) is 24.3 Å². The molecule has 3 heterocycles. The summed E-state index contributed by atoms with van der Waals surface area (Å²) in [5, 5.41) is 9.69. The fourth-order valence-corrected chi connectivity index (χ4v) is 5.86. The van der Waals surface area contributed by atoms with Gasteiger partial charge in [0.25, 0.3) is 0 Å². The van der Waals surface area contributed by atoms with E-state index < -0.39 is 24.9 Å². The third-order valence-corrected chi connectivity index (χ3v) is 8.23. The Bertz CT molecular complexity index is 1370. The maximum atomic E-state index is 12.8. The highest BCUT2D eigenvalue weighted by molar-refractivity contribution is 5.88. The Labute approximate surface area is 270 Å². The maximum absolute atomic E-state index is 12.8. The molecule has 0 unspecified atom stereocenters. The average molecular weight is 633 g/mol. The molecule has 4 aromatic carbocycles. The lowest BCUT2D eigenvalue weighted by Crippen LogP contribution is -2.69. The molecule has 0 aliphatic carbocycles. The number of hydrogen-bond donors (Lipinski definition) is 1. The topological polar surface area (TPSA) is 53.0 Å². The number of alkyl halides is 3. The highest BCUT2D eigenvalue weighted by Gasteiger charge is 2.62. The van der Waals surface area contributed by atoms with Crippen LogP contribution in [0.4, 0.5) is 13.2 Å². The standard InChI is InChI=1S/C17H16F3NO.C16H15NO.C4H8O.CH4/c18-17(19,20)16(22)11-21(12-16)15(13-7-3-1-4-8-13)14-9-5-2-6-10-14;18-15-11-17(12-15)16(13-7-3-1-4-8-13)14-9-5-2-6-10-14;1-2-4-5-3-1;/h1-10,15,22H,11-12H2;1-10,16H,11-12H2;1-4H2;1H4. The van der Waals surface area contributed by atoms with E-state index in [1.165, 1.54) is 24.0 Å². The fourth-order valence-electron chi connectivity index (χ4n) is 5.86. The van der Waals surface area contributed by atoms with Crippen molar-refractivity contribution < 1.29 is 27.8 Å². The van der Waals surface area contributed by atoms with Crippen molar-refractivity contribution in [1.29, 1.82) is 0 Å². The Hall–Kier alpha value is -3.82. The van der Waals surface area contributed by atoms with Gasteiger partial charge in [0.15, 0.2) is 11.4 Å². The molecule has 0 bridgehead atoms. The van der Waals surface area contributed by atoms with Crippen molar-refractivity contribution in [3.05, 3.63) is 144 Å². The first-order valence-electron chi connectivity index (χ1n) is 15.3. The summed E-state index contributed by atoms with van der Waals surface area (Å²) in [4.78, 5) is 15.1. The minimum Gasteiger partial charge on any atom is -0.381 e. The molecule has 3 fully saturated rings. The number of ketones is 1. The molecule has 0 spiro atoms. The summed E-state index contributed by atoms with van der Waals surface area (Å²) in [6.45, 7) is 2.30. The van der Waals surface area contributed by atoms with Crippen LogP contribution in [0.2, 0.25) is 0 Å². The molecule has 0 aromatic heterocycles. The monoisotopic (exact) mass is 632 g/mol. The number of carbonyl (C=O) groups excluding carboxylic acids is 1. The van der Waals surface area contributed by atoms with Crippen LogP contribution in [0.25, 0.3) is 0 Å². The summed E-state index contributed by atoms with van der Waals surface area (Å²) in [6.07, 6.45) is -2.04. The number of Topliss-reactive ketones (excluding diaryl/α,β-unsaturated/α-hetero) is 1. The molecule has 3 aliphatic rings. The summed E-state index contributed by atoms with van der Waals surface area (Å²) < 4.78 is 43.5. The smallest absolute Gasteiger partial charge is 0.381 e. The second-order valence-corrected chi connectivity index (χ2v) is 11.6. The highest BCUT2D eigenvalue weighted by Crippen LogP contribution is 2.43. The number of benzene rings is 4. The number of halogens is 3. The largest absolute Gasteiger partial charge is 0.419 e. The minimum absolute atomic E-state index is 0. The molecule has 8 heteroatoms. The molecular formula is C38H43F3N2O3. The molecule has 7 rings (SSSR count). The fraction of sp³-hybridized carbons (Fsp3) is 0.342. The van der Waals surface area contributed by atoms with E-state index in [2.05, 4.69) is 29.2 Å². The van der Waals surface area contributed by atoms with Gasteiger partial charge in [0.2, 0.25) is 0 Å². The van der Waals surface area contributed by atoms with Crippen LogP contribution in [0.3, 0.4) is 0 Å². The Kier molecular flexibility index (Phi) is 12.3. The van der Waals surface area contributed by atoms with Gasteiger partial charge in [-0.1, -0.05) is 129 Å². The van der Waals surface area contributed by atoms with Crippen LogP contribution in [-0.4, -0.2) is 71.9 Å². The van der Waals surface area contributed by atoms with E-state index in [-0.39, 0.29) is 19.5 Å². The van der Waals surface area contributed by atoms with Crippen LogP contribution in [0.5, 0.6) is 0 Å². The van der Waals surface area contributed by atoms with Crippen molar-refractivity contribution in [2.24, 2.45) is 0 Å². The number of ether oxygens (including phenoxy) is 1.